The summed E-state index contributed by atoms with van der Waals surface area (Å²) in [6.07, 6.45) is 3.16. The summed E-state index contributed by atoms with van der Waals surface area (Å²) in [6.45, 7) is 1.74. The van der Waals surface area contributed by atoms with Gasteiger partial charge in [-0.25, -0.2) is 4.98 Å². The second-order valence-electron chi connectivity index (χ2n) is 5.63. The second-order valence-corrected chi connectivity index (χ2v) is 7.54. The first-order chi connectivity index (χ1) is 13.0. The summed E-state index contributed by atoms with van der Waals surface area (Å²) in [5.41, 5.74) is 2.18. The van der Waals surface area contributed by atoms with E-state index in [0.29, 0.717) is 21.4 Å². The van der Waals surface area contributed by atoms with Gasteiger partial charge in [-0.3, -0.25) is 14.9 Å². The Morgan fingerprint density at radius 3 is 2.44 bits per heavy atom. The van der Waals surface area contributed by atoms with Crippen LogP contribution in [0, 0.1) is 6.92 Å². The van der Waals surface area contributed by atoms with E-state index in [9.17, 15) is 9.59 Å². The highest BCUT2D eigenvalue weighted by atomic mass is 79.9. The van der Waals surface area contributed by atoms with Crippen LogP contribution in [0.3, 0.4) is 0 Å². The lowest BCUT2D eigenvalue weighted by molar-refractivity contribution is -0.111. The third kappa shape index (κ3) is 5.35. The zero-order valence-electron chi connectivity index (χ0n) is 14.4. The number of benzene rings is 2. The van der Waals surface area contributed by atoms with Gasteiger partial charge in [0.15, 0.2) is 5.13 Å². The van der Waals surface area contributed by atoms with E-state index in [0.717, 1.165) is 21.4 Å². The molecule has 0 spiro atoms. The maximum absolute atomic E-state index is 12.5. The van der Waals surface area contributed by atoms with Crippen LogP contribution >= 0.6 is 27.3 Å². The number of rotatable bonds is 5. The lowest BCUT2D eigenvalue weighted by Gasteiger charge is -2.03. The van der Waals surface area contributed by atoms with Gasteiger partial charge in [-0.2, -0.15) is 0 Å². The molecule has 2 amide bonds. The number of thiazole rings is 1. The molecule has 3 rings (SSSR count). The number of hydrogen-bond acceptors (Lipinski definition) is 4. The Hall–Kier alpha value is -2.77. The summed E-state index contributed by atoms with van der Waals surface area (Å²) in [4.78, 5) is 29.2. The van der Waals surface area contributed by atoms with E-state index in [1.54, 1.807) is 25.1 Å². The molecule has 0 fully saturated rings. The SMILES string of the molecule is Cc1nc(NC(=O)/C=C/c2ccccc2)sc1C(=O)Nc1ccc(Br)cc1. The molecule has 7 heteroatoms. The molecule has 3 aromatic rings. The molecule has 0 unspecified atom stereocenters. The molecule has 0 atom stereocenters. The van der Waals surface area contributed by atoms with E-state index in [1.165, 1.54) is 6.08 Å². The number of nitrogens with zero attached hydrogens (tertiary/aromatic N) is 1. The fourth-order valence-electron chi connectivity index (χ4n) is 2.26. The molecule has 2 N–H and O–H groups in total. The van der Waals surface area contributed by atoms with Crippen LogP contribution < -0.4 is 10.6 Å². The molecule has 0 radical (unpaired) electrons. The Labute approximate surface area is 169 Å². The van der Waals surface area contributed by atoms with Crippen molar-refractivity contribution in [1.29, 1.82) is 0 Å². The van der Waals surface area contributed by atoms with Crippen LogP contribution in [0.15, 0.2) is 65.1 Å². The zero-order chi connectivity index (χ0) is 19.2. The normalized spacial score (nSPS) is 10.7. The molecule has 0 bridgehead atoms. The molecule has 0 aliphatic carbocycles. The van der Waals surface area contributed by atoms with E-state index in [4.69, 9.17) is 0 Å². The Kier molecular flexibility index (Phi) is 6.16. The number of hydrogen-bond donors (Lipinski definition) is 2. The van der Waals surface area contributed by atoms with Crippen molar-refractivity contribution >= 4 is 56.0 Å². The molecule has 0 saturated carbocycles. The van der Waals surface area contributed by atoms with Gasteiger partial charge >= 0.3 is 0 Å². The zero-order valence-corrected chi connectivity index (χ0v) is 16.8. The smallest absolute Gasteiger partial charge is 0.267 e. The van der Waals surface area contributed by atoms with E-state index in [-0.39, 0.29) is 11.8 Å². The number of carbonyl (C=O) groups is 2. The van der Waals surface area contributed by atoms with Crippen molar-refractivity contribution in [1.82, 2.24) is 4.98 Å². The van der Waals surface area contributed by atoms with E-state index >= 15 is 0 Å². The number of nitrogens with one attached hydrogen (secondary N) is 2. The summed E-state index contributed by atoms with van der Waals surface area (Å²) in [5.74, 6) is -0.555. The van der Waals surface area contributed by atoms with E-state index < -0.39 is 0 Å². The van der Waals surface area contributed by atoms with E-state index in [1.807, 2.05) is 42.5 Å². The third-order valence-electron chi connectivity index (χ3n) is 3.56. The highest BCUT2D eigenvalue weighted by Gasteiger charge is 2.16. The Morgan fingerprint density at radius 2 is 1.74 bits per heavy atom. The first-order valence-electron chi connectivity index (χ1n) is 8.10. The van der Waals surface area contributed by atoms with Gasteiger partial charge in [-0.05, 0) is 42.8 Å². The van der Waals surface area contributed by atoms with Gasteiger partial charge < -0.3 is 5.32 Å². The van der Waals surface area contributed by atoms with Gasteiger partial charge in [-0.1, -0.05) is 57.6 Å². The third-order valence-corrected chi connectivity index (χ3v) is 5.16. The fraction of sp³-hybridized carbons (Fsp3) is 0.0500. The van der Waals surface area contributed by atoms with Crippen molar-refractivity contribution in [2.45, 2.75) is 6.92 Å². The monoisotopic (exact) mass is 441 g/mol. The maximum atomic E-state index is 12.5. The molecule has 1 aromatic heterocycles. The average molecular weight is 442 g/mol. The minimum atomic E-state index is -0.299. The Balaban J connectivity index is 1.65. The van der Waals surface area contributed by atoms with Crippen LogP contribution in [0.4, 0.5) is 10.8 Å². The molecular formula is C20H16BrN3O2S. The first kappa shape index (κ1) is 19.0. The summed E-state index contributed by atoms with van der Waals surface area (Å²) < 4.78 is 0.933. The first-order valence-corrected chi connectivity index (χ1v) is 9.70. The van der Waals surface area contributed by atoms with Crippen molar-refractivity contribution in [2.75, 3.05) is 10.6 Å². The number of carbonyl (C=O) groups excluding carboxylic acids is 2. The molecule has 2 aromatic carbocycles. The predicted octanol–water partition coefficient (Wildman–Crippen LogP) is 5.12. The summed E-state index contributed by atoms with van der Waals surface area (Å²) in [7, 11) is 0. The molecule has 1 heterocycles. The van der Waals surface area contributed by atoms with Crippen LogP contribution in [0.2, 0.25) is 0 Å². The number of amides is 2. The van der Waals surface area contributed by atoms with Crippen molar-refractivity contribution in [3.05, 3.63) is 81.3 Å². The Morgan fingerprint density at radius 1 is 1.04 bits per heavy atom. The molecular weight excluding hydrogens is 426 g/mol. The lowest BCUT2D eigenvalue weighted by Crippen LogP contribution is -2.11. The lowest BCUT2D eigenvalue weighted by atomic mass is 10.2. The quantitative estimate of drug-likeness (QED) is 0.539. The van der Waals surface area contributed by atoms with Crippen molar-refractivity contribution in [2.24, 2.45) is 0 Å². The van der Waals surface area contributed by atoms with Crippen molar-refractivity contribution in [3.63, 3.8) is 0 Å². The van der Waals surface area contributed by atoms with Crippen LogP contribution in [-0.4, -0.2) is 16.8 Å². The average Bonchev–Trinajstić information content (AvgIpc) is 3.03. The number of aryl methyl sites for hydroxylation is 1. The van der Waals surface area contributed by atoms with Crippen LogP contribution in [0.25, 0.3) is 6.08 Å². The van der Waals surface area contributed by atoms with Gasteiger partial charge in [0.1, 0.15) is 4.88 Å². The molecule has 0 saturated heterocycles. The van der Waals surface area contributed by atoms with Crippen LogP contribution in [-0.2, 0) is 4.79 Å². The highest BCUT2D eigenvalue weighted by molar-refractivity contribution is 9.10. The molecule has 0 aliphatic rings. The standard InChI is InChI=1S/C20H16BrN3O2S/c1-13-18(19(26)23-16-10-8-15(21)9-11-16)27-20(22-13)24-17(25)12-7-14-5-3-2-4-6-14/h2-12H,1H3,(H,23,26)(H,22,24,25)/b12-7+. The van der Waals surface area contributed by atoms with Gasteiger partial charge in [-0.15, -0.1) is 0 Å². The van der Waals surface area contributed by atoms with Crippen molar-refractivity contribution < 1.29 is 9.59 Å². The molecule has 27 heavy (non-hydrogen) atoms. The maximum Gasteiger partial charge on any atom is 0.267 e. The summed E-state index contributed by atoms with van der Waals surface area (Å²) in [6, 6.07) is 16.8. The Bertz CT molecular complexity index is 982. The molecule has 0 aliphatic heterocycles. The van der Waals surface area contributed by atoms with Gasteiger partial charge in [0.05, 0.1) is 5.69 Å². The number of halogens is 1. The molecule has 136 valence electrons. The number of anilines is 2. The van der Waals surface area contributed by atoms with Gasteiger partial charge in [0, 0.05) is 16.2 Å². The second kappa shape index (κ2) is 8.75. The topological polar surface area (TPSA) is 71.1 Å². The van der Waals surface area contributed by atoms with Crippen molar-refractivity contribution in [3.8, 4) is 0 Å². The van der Waals surface area contributed by atoms with Crippen LogP contribution in [0.1, 0.15) is 20.9 Å². The highest BCUT2D eigenvalue weighted by Crippen LogP contribution is 2.24. The number of aromatic nitrogens is 1. The summed E-state index contributed by atoms with van der Waals surface area (Å²) in [5, 5.41) is 5.90. The van der Waals surface area contributed by atoms with E-state index in [2.05, 4.69) is 31.5 Å². The predicted molar refractivity (Wildman–Crippen MR) is 113 cm³/mol. The molecule has 5 nitrogen and oxygen atoms in total. The van der Waals surface area contributed by atoms with Crippen LogP contribution in [0.5, 0.6) is 0 Å². The van der Waals surface area contributed by atoms with Gasteiger partial charge in [0.2, 0.25) is 5.91 Å². The largest absolute Gasteiger partial charge is 0.321 e. The summed E-state index contributed by atoms with van der Waals surface area (Å²) >= 11 is 4.50. The minimum absolute atomic E-state index is 0.257. The fourth-order valence-corrected chi connectivity index (χ4v) is 3.39. The minimum Gasteiger partial charge on any atom is -0.321 e. The van der Waals surface area contributed by atoms with Gasteiger partial charge in [0.25, 0.3) is 5.91 Å².